The lowest BCUT2D eigenvalue weighted by atomic mass is 9.97. The third-order valence-corrected chi connectivity index (χ3v) is 8.83. The normalized spacial score (nSPS) is 15.9. The van der Waals surface area contributed by atoms with E-state index in [1.807, 2.05) is 4.57 Å². The highest BCUT2D eigenvalue weighted by atomic mass is 32.2. The van der Waals surface area contributed by atoms with Crippen molar-refractivity contribution in [3.8, 4) is 11.5 Å². The van der Waals surface area contributed by atoms with E-state index in [1.54, 1.807) is 43.8 Å². The third kappa shape index (κ3) is 4.43. The number of amides is 1. The van der Waals surface area contributed by atoms with Crippen LogP contribution in [0.25, 0.3) is 10.2 Å². The molecule has 1 aromatic carbocycles. The van der Waals surface area contributed by atoms with Crippen LogP contribution in [0, 0.1) is 0 Å². The first-order valence-electron chi connectivity index (χ1n) is 11.8. The minimum Gasteiger partial charge on any atom is -0.497 e. The fourth-order valence-electron chi connectivity index (χ4n) is 5.01. The lowest BCUT2D eigenvalue weighted by Gasteiger charge is -2.18. The second kappa shape index (κ2) is 10.00. The SMILES string of the molecule is COc1ccc(OC)c(NC(=O)CSc2nc3sc4c(c3c(=O)n2C2CCCC2)CCCC4)c1. The average Bonchev–Trinajstić information content (AvgIpc) is 3.50. The Morgan fingerprint density at radius 2 is 1.97 bits per heavy atom. The molecule has 0 atom stereocenters. The maximum absolute atomic E-state index is 13.7. The first-order chi connectivity index (χ1) is 16.6. The standard InChI is InChI=1S/C25H29N3O4S2/c1-31-16-11-12-19(32-2)18(13-16)26-21(29)14-33-25-27-23-22(17-9-5-6-10-20(17)34-23)24(30)28(25)15-7-3-4-8-15/h11-13,15H,3-10,14H2,1-2H3,(H,26,29). The van der Waals surface area contributed by atoms with Crippen molar-refractivity contribution in [1.82, 2.24) is 9.55 Å². The molecule has 2 heterocycles. The Morgan fingerprint density at radius 3 is 2.74 bits per heavy atom. The van der Waals surface area contributed by atoms with E-state index in [0.717, 1.165) is 55.2 Å². The van der Waals surface area contributed by atoms with E-state index in [1.165, 1.54) is 28.6 Å². The number of aromatic nitrogens is 2. The van der Waals surface area contributed by atoms with Crippen molar-refractivity contribution >= 4 is 44.9 Å². The van der Waals surface area contributed by atoms with Gasteiger partial charge in [0.05, 0.1) is 31.0 Å². The van der Waals surface area contributed by atoms with Crippen LogP contribution in [0.15, 0.2) is 28.2 Å². The summed E-state index contributed by atoms with van der Waals surface area (Å²) >= 11 is 2.99. The number of fused-ring (bicyclic) bond motifs is 3. The summed E-state index contributed by atoms with van der Waals surface area (Å²) in [6.07, 6.45) is 8.52. The lowest BCUT2D eigenvalue weighted by molar-refractivity contribution is -0.113. The number of benzene rings is 1. The van der Waals surface area contributed by atoms with E-state index in [9.17, 15) is 9.59 Å². The lowest BCUT2D eigenvalue weighted by Crippen LogP contribution is -2.27. The highest BCUT2D eigenvalue weighted by Crippen LogP contribution is 2.37. The number of nitrogens with zero attached hydrogens (tertiary/aromatic N) is 2. The Labute approximate surface area is 206 Å². The van der Waals surface area contributed by atoms with Gasteiger partial charge in [0.25, 0.3) is 5.56 Å². The van der Waals surface area contributed by atoms with Gasteiger partial charge in [0, 0.05) is 17.0 Å². The minimum absolute atomic E-state index is 0.0775. The van der Waals surface area contributed by atoms with E-state index in [4.69, 9.17) is 14.5 Å². The van der Waals surface area contributed by atoms with Crippen LogP contribution in [0.3, 0.4) is 0 Å². The van der Waals surface area contributed by atoms with Crippen molar-refractivity contribution in [2.75, 3.05) is 25.3 Å². The number of methoxy groups -OCH3 is 2. The Kier molecular flexibility index (Phi) is 6.83. The number of aryl methyl sites for hydroxylation is 2. The van der Waals surface area contributed by atoms with Gasteiger partial charge >= 0.3 is 0 Å². The molecular formula is C25H29N3O4S2. The van der Waals surface area contributed by atoms with Gasteiger partial charge < -0.3 is 14.8 Å². The van der Waals surface area contributed by atoms with Crippen LogP contribution in [-0.2, 0) is 17.6 Å². The molecule has 2 aromatic heterocycles. The summed E-state index contributed by atoms with van der Waals surface area (Å²) in [5.74, 6) is 1.16. The quantitative estimate of drug-likeness (QED) is 0.355. The van der Waals surface area contributed by atoms with Crippen LogP contribution < -0.4 is 20.3 Å². The van der Waals surface area contributed by atoms with E-state index >= 15 is 0 Å². The van der Waals surface area contributed by atoms with Crippen molar-refractivity contribution in [3.05, 3.63) is 39.0 Å². The second-order valence-corrected chi connectivity index (χ2v) is 10.8. The number of carbonyl (C=O) groups is 1. The van der Waals surface area contributed by atoms with Crippen molar-refractivity contribution < 1.29 is 14.3 Å². The highest BCUT2D eigenvalue weighted by Gasteiger charge is 2.27. The summed E-state index contributed by atoms with van der Waals surface area (Å²) in [7, 11) is 3.14. The molecule has 3 aromatic rings. The molecule has 34 heavy (non-hydrogen) atoms. The Morgan fingerprint density at radius 1 is 1.18 bits per heavy atom. The molecule has 5 rings (SSSR count). The predicted octanol–water partition coefficient (Wildman–Crippen LogP) is 5.20. The maximum atomic E-state index is 13.7. The Hall–Kier alpha value is -2.52. The van der Waals surface area contributed by atoms with Gasteiger partial charge in [-0.25, -0.2) is 4.98 Å². The molecule has 180 valence electrons. The summed E-state index contributed by atoms with van der Waals surface area (Å²) in [6, 6.07) is 5.43. The highest BCUT2D eigenvalue weighted by molar-refractivity contribution is 7.99. The number of ether oxygens (including phenoxy) is 2. The zero-order valence-corrected chi connectivity index (χ0v) is 21.2. The molecular weight excluding hydrogens is 470 g/mol. The van der Waals surface area contributed by atoms with Crippen LogP contribution in [-0.4, -0.2) is 35.4 Å². The van der Waals surface area contributed by atoms with Gasteiger partial charge in [-0.1, -0.05) is 24.6 Å². The van der Waals surface area contributed by atoms with Crippen molar-refractivity contribution in [2.24, 2.45) is 0 Å². The number of anilines is 1. The van der Waals surface area contributed by atoms with E-state index < -0.39 is 0 Å². The summed E-state index contributed by atoms with van der Waals surface area (Å²) < 4.78 is 12.5. The molecule has 2 aliphatic carbocycles. The van der Waals surface area contributed by atoms with E-state index in [0.29, 0.717) is 22.3 Å². The molecule has 7 nitrogen and oxygen atoms in total. The molecule has 9 heteroatoms. The van der Waals surface area contributed by atoms with E-state index in [-0.39, 0.29) is 23.3 Å². The number of carbonyl (C=O) groups excluding carboxylic acids is 1. The van der Waals surface area contributed by atoms with Crippen LogP contribution >= 0.6 is 23.1 Å². The molecule has 1 N–H and O–H groups in total. The van der Waals surface area contributed by atoms with Crippen molar-refractivity contribution in [3.63, 3.8) is 0 Å². The zero-order chi connectivity index (χ0) is 23.7. The predicted molar refractivity (Wildman–Crippen MR) is 137 cm³/mol. The number of thiophene rings is 1. The molecule has 2 aliphatic rings. The fraction of sp³-hybridized carbons (Fsp3) is 0.480. The van der Waals surface area contributed by atoms with Gasteiger partial charge in [-0.3, -0.25) is 14.2 Å². The number of hydrogen-bond acceptors (Lipinski definition) is 7. The van der Waals surface area contributed by atoms with Crippen LogP contribution in [0.4, 0.5) is 5.69 Å². The molecule has 1 fully saturated rings. The first kappa shape index (κ1) is 23.2. The maximum Gasteiger partial charge on any atom is 0.263 e. The summed E-state index contributed by atoms with van der Waals surface area (Å²) in [6.45, 7) is 0. The molecule has 1 saturated carbocycles. The van der Waals surface area contributed by atoms with Crippen LogP contribution in [0.1, 0.15) is 55.0 Å². The zero-order valence-electron chi connectivity index (χ0n) is 19.5. The second-order valence-electron chi connectivity index (χ2n) is 8.80. The molecule has 0 unspecified atom stereocenters. The molecule has 0 radical (unpaired) electrons. The first-order valence-corrected chi connectivity index (χ1v) is 13.6. The van der Waals surface area contributed by atoms with Gasteiger partial charge in [-0.05, 0) is 56.2 Å². The van der Waals surface area contributed by atoms with Gasteiger partial charge in [0.2, 0.25) is 5.91 Å². The van der Waals surface area contributed by atoms with Crippen molar-refractivity contribution in [2.45, 2.75) is 62.6 Å². The van der Waals surface area contributed by atoms with Gasteiger partial charge in [-0.2, -0.15) is 0 Å². The average molecular weight is 500 g/mol. The Bertz CT molecular complexity index is 1280. The smallest absolute Gasteiger partial charge is 0.263 e. The van der Waals surface area contributed by atoms with Crippen LogP contribution in [0.2, 0.25) is 0 Å². The Balaban J connectivity index is 1.44. The van der Waals surface area contributed by atoms with E-state index in [2.05, 4.69) is 5.32 Å². The van der Waals surface area contributed by atoms with Gasteiger partial charge in [-0.15, -0.1) is 11.3 Å². The summed E-state index contributed by atoms with van der Waals surface area (Å²) in [4.78, 5) is 33.7. The van der Waals surface area contributed by atoms with Crippen molar-refractivity contribution in [1.29, 1.82) is 0 Å². The van der Waals surface area contributed by atoms with Gasteiger partial charge in [0.1, 0.15) is 16.3 Å². The molecule has 1 amide bonds. The number of rotatable bonds is 7. The molecule has 0 saturated heterocycles. The topological polar surface area (TPSA) is 82.5 Å². The fourth-order valence-corrected chi connectivity index (χ4v) is 7.18. The van der Waals surface area contributed by atoms with Crippen LogP contribution in [0.5, 0.6) is 11.5 Å². The molecule has 0 aliphatic heterocycles. The number of hydrogen-bond donors (Lipinski definition) is 1. The largest absolute Gasteiger partial charge is 0.497 e. The number of nitrogens with one attached hydrogen (secondary N) is 1. The monoisotopic (exact) mass is 499 g/mol. The molecule has 0 spiro atoms. The summed E-state index contributed by atoms with van der Waals surface area (Å²) in [5.41, 5.74) is 1.85. The molecule has 0 bridgehead atoms. The summed E-state index contributed by atoms with van der Waals surface area (Å²) in [5, 5.41) is 4.38. The minimum atomic E-state index is -0.186. The third-order valence-electron chi connectivity index (χ3n) is 6.69. The van der Waals surface area contributed by atoms with Gasteiger partial charge in [0.15, 0.2) is 5.16 Å². The number of thioether (sulfide) groups is 1.